The summed E-state index contributed by atoms with van der Waals surface area (Å²) in [6, 6.07) is 10.8. The molecular weight excluding hydrogens is 426 g/mol. The van der Waals surface area contributed by atoms with E-state index in [1.807, 2.05) is 19.9 Å². The lowest BCUT2D eigenvalue weighted by Gasteiger charge is -2.13. The molecule has 0 fully saturated rings. The fourth-order valence-corrected chi connectivity index (χ4v) is 3.22. The van der Waals surface area contributed by atoms with E-state index in [1.54, 1.807) is 43.5 Å². The summed E-state index contributed by atoms with van der Waals surface area (Å²) in [6.07, 6.45) is 1.65. The number of nitrogens with zero attached hydrogens (tertiary/aromatic N) is 1. The van der Waals surface area contributed by atoms with Gasteiger partial charge in [0.25, 0.3) is 0 Å². The van der Waals surface area contributed by atoms with Crippen molar-refractivity contribution in [3.05, 3.63) is 57.7 Å². The van der Waals surface area contributed by atoms with Gasteiger partial charge < -0.3 is 18.9 Å². The number of hydrogen-bond acceptors (Lipinski definition) is 6. The highest BCUT2D eigenvalue weighted by atomic mass is 79.9. The summed E-state index contributed by atoms with van der Waals surface area (Å²) >= 11 is 3.50. The van der Waals surface area contributed by atoms with Crippen LogP contribution in [0.25, 0.3) is 6.08 Å². The quantitative estimate of drug-likeness (QED) is 0.460. The van der Waals surface area contributed by atoms with Crippen molar-refractivity contribution in [3.63, 3.8) is 0 Å². The summed E-state index contributed by atoms with van der Waals surface area (Å²) in [5, 5.41) is 0. The molecule has 0 aliphatic carbocycles. The average molecular weight is 446 g/mol. The summed E-state index contributed by atoms with van der Waals surface area (Å²) in [5.41, 5.74) is 1.65. The molecule has 7 heteroatoms. The Kier molecular flexibility index (Phi) is 6.36. The maximum Gasteiger partial charge on any atom is 0.363 e. The highest BCUT2D eigenvalue weighted by molar-refractivity contribution is 9.10. The molecule has 1 heterocycles. The van der Waals surface area contributed by atoms with Gasteiger partial charge in [0.05, 0.1) is 24.8 Å². The van der Waals surface area contributed by atoms with Crippen LogP contribution in [-0.4, -0.2) is 32.2 Å². The van der Waals surface area contributed by atoms with Crippen molar-refractivity contribution in [2.75, 3.05) is 20.3 Å². The number of carbonyl (C=O) groups excluding carboxylic acids is 1. The first kappa shape index (κ1) is 19.9. The average Bonchev–Trinajstić information content (AvgIpc) is 3.05. The van der Waals surface area contributed by atoms with Crippen LogP contribution in [0.2, 0.25) is 0 Å². The second kappa shape index (κ2) is 8.93. The number of carbonyl (C=O) groups is 1. The number of aliphatic imine (C=N–C) groups is 1. The Balaban J connectivity index is 1.93. The van der Waals surface area contributed by atoms with Gasteiger partial charge in [-0.1, -0.05) is 0 Å². The first-order chi connectivity index (χ1) is 13.5. The van der Waals surface area contributed by atoms with Crippen LogP contribution in [0.3, 0.4) is 0 Å². The van der Waals surface area contributed by atoms with Crippen LogP contribution < -0.4 is 14.2 Å². The van der Waals surface area contributed by atoms with Crippen molar-refractivity contribution >= 4 is 33.9 Å². The fraction of sp³-hybridized carbons (Fsp3) is 0.238. The molecule has 0 spiro atoms. The minimum atomic E-state index is -0.506. The van der Waals surface area contributed by atoms with Crippen molar-refractivity contribution in [2.24, 2.45) is 4.99 Å². The molecule has 0 N–H and O–H groups in total. The first-order valence-electron chi connectivity index (χ1n) is 8.81. The van der Waals surface area contributed by atoms with Gasteiger partial charge in [-0.25, -0.2) is 9.79 Å². The predicted octanol–water partition coefficient (Wildman–Crippen LogP) is 4.60. The van der Waals surface area contributed by atoms with Gasteiger partial charge in [0.15, 0.2) is 17.2 Å². The topological polar surface area (TPSA) is 66.3 Å². The van der Waals surface area contributed by atoms with Gasteiger partial charge in [0.1, 0.15) is 5.75 Å². The Labute approximate surface area is 171 Å². The number of rotatable bonds is 7. The minimum Gasteiger partial charge on any atom is -0.497 e. The Morgan fingerprint density at radius 2 is 1.82 bits per heavy atom. The van der Waals surface area contributed by atoms with Crippen molar-refractivity contribution in [1.82, 2.24) is 0 Å². The van der Waals surface area contributed by atoms with E-state index in [0.29, 0.717) is 36.0 Å². The Morgan fingerprint density at radius 1 is 1.11 bits per heavy atom. The number of ether oxygens (including phenoxy) is 4. The summed E-state index contributed by atoms with van der Waals surface area (Å²) in [7, 11) is 1.59. The SMILES string of the molecule is CCOc1cc(/C=C2/N=C(c3ccc(OC)cc3)OC2=O)cc(Br)c1OCC. The molecule has 0 aromatic heterocycles. The van der Waals surface area contributed by atoms with Gasteiger partial charge in [-0.2, -0.15) is 0 Å². The smallest absolute Gasteiger partial charge is 0.363 e. The Morgan fingerprint density at radius 3 is 2.46 bits per heavy atom. The summed E-state index contributed by atoms with van der Waals surface area (Å²) in [4.78, 5) is 16.6. The van der Waals surface area contributed by atoms with Crippen LogP contribution in [0.4, 0.5) is 0 Å². The fourth-order valence-electron chi connectivity index (χ4n) is 2.64. The summed E-state index contributed by atoms with van der Waals surface area (Å²) in [6.45, 7) is 4.81. The van der Waals surface area contributed by atoms with Crippen LogP contribution >= 0.6 is 15.9 Å². The summed E-state index contributed by atoms with van der Waals surface area (Å²) in [5.74, 6) is 1.69. The number of hydrogen-bond donors (Lipinski definition) is 0. The zero-order chi connectivity index (χ0) is 20.1. The van der Waals surface area contributed by atoms with Crippen LogP contribution in [0, 0.1) is 0 Å². The van der Waals surface area contributed by atoms with Gasteiger partial charge in [-0.15, -0.1) is 0 Å². The van der Waals surface area contributed by atoms with E-state index in [2.05, 4.69) is 20.9 Å². The largest absolute Gasteiger partial charge is 0.497 e. The second-order valence-electron chi connectivity index (χ2n) is 5.76. The monoisotopic (exact) mass is 445 g/mol. The van der Waals surface area contributed by atoms with Gasteiger partial charge >= 0.3 is 5.97 Å². The van der Waals surface area contributed by atoms with Crippen molar-refractivity contribution < 1.29 is 23.7 Å². The standard InChI is InChI=1S/C21H20BrNO5/c1-4-26-18-12-13(10-16(22)19(18)27-5-2)11-17-21(24)28-20(23-17)14-6-8-15(25-3)9-7-14/h6-12H,4-5H2,1-3H3/b17-11+. The summed E-state index contributed by atoms with van der Waals surface area (Å²) < 4.78 is 22.5. The second-order valence-corrected chi connectivity index (χ2v) is 6.61. The molecule has 1 aliphatic heterocycles. The number of methoxy groups -OCH3 is 1. The lowest BCUT2D eigenvalue weighted by Crippen LogP contribution is -2.05. The molecule has 0 atom stereocenters. The normalized spacial score (nSPS) is 14.6. The highest BCUT2D eigenvalue weighted by Gasteiger charge is 2.24. The Hall–Kier alpha value is -2.80. The molecular formula is C21H20BrNO5. The van der Waals surface area contributed by atoms with E-state index in [4.69, 9.17) is 18.9 Å². The first-order valence-corrected chi connectivity index (χ1v) is 9.61. The molecule has 2 aromatic rings. The van der Waals surface area contributed by atoms with E-state index < -0.39 is 5.97 Å². The van der Waals surface area contributed by atoms with Crippen LogP contribution in [0.1, 0.15) is 25.0 Å². The van der Waals surface area contributed by atoms with E-state index in [1.165, 1.54) is 0 Å². The molecule has 0 saturated heterocycles. The number of benzene rings is 2. The highest BCUT2D eigenvalue weighted by Crippen LogP contribution is 2.37. The van der Waals surface area contributed by atoms with Crippen LogP contribution in [0.5, 0.6) is 17.2 Å². The third kappa shape index (κ3) is 4.36. The molecule has 146 valence electrons. The van der Waals surface area contributed by atoms with Gasteiger partial charge in [-0.05, 0) is 77.8 Å². The number of halogens is 1. The van der Waals surface area contributed by atoms with Crippen molar-refractivity contribution in [1.29, 1.82) is 0 Å². The maximum absolute atomic E-state index is 12.3. The number of esters is 1. The molecule has 0 amide bonds. The van der Waals surface area contributed by atoms with Crippen molar-refractivity contribution in [3.8, 4) is 17.2 Å². The van der Waals surface area contributed by atoms with Gasteiger partial charge in [0, 0.05) is 5.56 Å². The third-order valence-electron chi connectivity index (χ3n) is 3.88. The molecule has 28 heavy (non-hydrogen) atoms. The van der Waals surface area contributed by atoms with E-state index in [9.17, 15) is 4.79 Å². The lowest BCUT2D eigenvalue weighted by atomic mass is 10.1. The third-order valence-corrected chi connectivity index (χ3v) is 4.47. The lowest BCUT2D eigenvalue weighted by molar-refractivity contribution is -0.129. The molecule has 0 bridgehead atoms. The van der Waals surface area contributed by atoms with Crippen LogP contribution in [0.15, 0.2) is 51.6 Å². The molecule has 6 nitrogen and oxygen atoms in total. The minimum absolute atomic E-state index is 0.212. The van der Waals surface area contributed by atoms with Crippen molar-refractivity contribution in [2.45, 2.75) is 13.8 Å². The zero-order valence-corrected chi connectivity index (χ0v) is 17.4. The maximum atomic E-state index is 12.3. The molecule has 0 unspecified atom stereocenters. The zero-order valence-electron chi connectivity index (χ0n) is 15.8. The Bertz CT molecular complexity index is 935. The molecule has 2 aromatic carbocycles. The van der Waals surface area contributed by atoms with Gasteiger partial charge in [0.2, 0.25) is 5.90 Å². The molecule has 0 saturated carbocycles. The van der Waals surface area contributed by atoms with E-state index >= 15 is 0 Å². The van der Waals surface area contributed by atoms with E-state index in [0.717, 1.165) is 10.0 Å². The predicted molar refractivity (Wildman–Crippen MR) is 110 cm³/mol. The molecule has 1 aliphatic rings. The van der Waals surface area contributed by atoms with Gasteiger partial charge in [-0.3, -0.25) is 0 Å². The molecule has 0 radical (unpaired) electrons. The van der Waals surface area contributed by atoms with Crippen LogP contribution in [-0.2, 0) is 9.53 Å². The molecule has 3 rings (SSSR count). The number of cyclic esters (lactones) is 1. The van der Waals surface area contributed by atoms with E-state index in [-0.39, 0.29) is 11.6 Å².